The van der Waals surface area contributed by atoms with Gasteiger partial charge in [0.1, 0.15) is 5.75 Å². The number of hydrogen-bond acceptors (Lipinski definition) is 7. The van der Waals surface area contributed by atoms with Crippen molar-refractivity contribution >= 4 is 23.6 Å². The SMILES string of the molecule is O=C(NCCCN1C(=O)C2C3C=CC(O3)C2C1=O)Oc1ccc([N+](=O)[O-])cc1. The number of carbonyl (C=O) groups is 3. The Kier molecular flexibility index (Phi) is 4.55. The Bertz CT molecular complexity index is 836. The number of nitrogens with zero attached hydrogens (tertiary/aromatic N) is 2. The molecule has 1 aromatic carbocycles. The predicted molar refractivity (Wildman–Crippen MR) is 93.2 cm³/mol. The molecular weight excluding hydrogens is 370 g/mol. The highest BCUT2D eigenvalue weighted by atomic mass is 16.6. The zero-order chi connectivity index (χ0) is 19.8. The minimum absolute atomic E-state index is 0.105. The van der Waals surface area contributed by atoms with Crippen molar-refractivity contribution in [2.75, 3.05) is 13.1 Å². The van der Waals surface area contributed by atoms with E-state index in [2.05, 4.69) is 5.32 Å². The molecule has 0 spiro atoms. The van der Waals surface area contributed by atoms with Crippen LogP contribution in [0.25, 0.3) is 0 Å². The second-order valence-corrected chi connectivity index (χ2v) is 6.75. The molecular formula is C18H17N3O7. The summed E-state index contributed by atoms with van der Waals surface area (Å²) < 4.78 is 10.6. The smallest absolute Gasteiger partial charge is 0.410 e. The van der Waals surface area contributed by atoms with Gasteiger partial charge in [0, 0.05) is 25.2 Å². The van der Waals surface area contributed by atoms with Crippen molar-refractivity contribution in [2.24, 2.45) is 11.8 Å². The van der Waals surface area contributed by atoms with E-state index in [9.17, 15) is 24.5 Å². The Hall–Kier alpha value is -3.27. The molecule has 4 unspecified atom stereocenters. The minimum atomic E-state index is -0.722. The molecule has 146 valence electrons. The number of nitro benzene ring substituents is 1. The van der Waals surface area contributed by atoms with E-state index in [1.165, 1.54) is 29.2 Å². The van der Waals surface area contributed by atoms with Gasteiger partial charge in [-0.15, -0.1) is 0 Å². The van der Waals surface area contributed by atoms with Gasteiger partial charge in [-0.1, -0.05) is 12.2 Å². The number of hydrogen-bond donors (Lipinski definition) is 1. The molecule has 0 saturated carbocycles. The summed E-state index contributed by atoms with van der Waals surface area (Å²) in [7, 11) is 0. The van der Waals surface area contributed by atoms with Crippen LogP contribution in [0.1, 0.15) is 6.42 Å². The Morgan fingerprint density at radius 3 is 2.32 bits per heavy atom. The molecule has 3 heterocycles. The lowest BCUT2D eigenvalue weighted by Gasteiger charge is -2.17. The number of likely N-dealkylation sites (tertiary alicyclic amines) is 1. The van der Waals surface area contributed by atoms with Crippen molar-refractivity contribution in [3.8, 4) is 5.75 Å². The van der Waals surface area contributed by atoms with Gasteiger partial charge in [0.25, 0.3) is 5.69 Å². The van der Waals surface area contributed by atoms with Gasteiger partial charge in [-0.3, -0.25) is 24.6 Å². The fourth-order valence-corrected chi connectivity index (χ4v) is 3.79. The van der Waals surface area contributed by atoms with Crippen molar-refractivity contribution in [1.82, 2.24) is 10.2 Å². The number of imide groups is 1. The maximum atomic E-state index is 12.5. The number of rotatable bonds is 6. The quantitative estimate of drug-likeness (QED) is 0.254. The molecule has 2 saturated heterocycles. The van der Waals surface area contributed by atoms with E-state index in [-0.39, 0.29) is 48.5 Å². The third kappa shape index (κ3) is 3.11. The lowest BCUT2D eigenvalue weighted by Crippen LogP contribution is -2.37. The highest BCUT2D eigenvalue weighted by Gasteiger charge is 2.60. The molecule has 10 nitrogen and oxygen atoms in total. The Morgan fingerprint density at radius 1 is 1.14 bits per heavy atom. The first-order chi connectivity index (χ1) is 13.5. The largest absolute Gasteiger partial charge is 0.412 e. The number of benzene rings is 1. The summed E-state index contributed by atoms with van der Waals surface area (Å²) in [4.78, 5) is 48.0. The standard InChI is InChI=1S/C18H17N3O7/c22-16-14-12-6-7-13(28-12)15(14)17(23)20(16)9-1-8-19-18(24)27-11-4-2-10(3-5-11)21(25)26/h2-7,12-15H,1,8-9H2,(H,19,24). The molecule has 3 amide bonds. The van der Waals surface area contributed by atoms with E-state index in [1.54, 1.807) is 0 Å². The third-order valence-corrected chi connectivity index (χ3v) is 5.09. The molecule has 10 heteroatoms. The normalized spacial score (nSPS) is 27.2. The van der Waals surface area contributed by atoms with Gasteiger partial charge in [0.05, 0.1) is 29.0 Å². The first-order valence-corrected chi connectivity index (χ1v) is 8.85. The fourth-order valence-electron chi connectivity index (χ4n) is 3.79. The average molecular weight is 387 g/mol. The number of nitrogens with one attached hydrogen (secondary N) is 1. The highest BCUT2D eigenvalue weighted by molar-refractivity contribution is 6.06. The molecule has 1 aromatic rings. The number of non-ortho nitro benzene ring substituents is 1. The van der Waals surface area contributed by atoms with Crippen LogP contribution in [0.15, 0.2) is 36.4 Å². The van der Waals surface area contributed by atoms with Crippen molar-refractivity contribution in [2.45, 2.75) is 18.6 Å². The minimum Gasteiger partial charge on any atom is -0.410 e. The Balaban J connectivity index is 1.22. The summed E-state index contributed by atoms with van der Waals surface area (Å²) in [5.41, 5.74) is -0.105. The van der Waals surface area contributed by atoms with Gasteiger partial charge in [0.15, 0.2) is 0 Å². The van der Waals surface area contributed by atoms with Crippen molar-refractivity contribution in [3.05, 3.63) is 46.5 Å². The summed E-state index contributed by atoms with van der Waals surface area (Å²) in [6, 6.07) is 5.11. The van der Waals surface area contributed by atoms with Crippen molar-refractivity contribution in [3.63, 3.8) is 0 Å². The Labute approximate surface area is 159 Å². The number of ether oxygens (including phenoxy) is 2. The Morgan fingerprint density at radius 2 is 1.75 bits per heavy atom. The molecule has 0 aliphatic carbocycles. The lowest BCUT2D eigenvalue weighted by atomic mass is 9.85. The molecule has 3 aliphatic heterocycles. The fraction of sp³-hybridized carbons (Fsp3) is 0.389. The number of fused-ring (bicyclic) bond motifs is 5. The van der Waals surface area contributed by atoms with E-state index in [0.29, 0.717) is 6.42 Å². The second kappa shape index (κ2) is 7.04. The molecule has 28 heavy (non-hydrogen) atoms. The second-order valence-electron chi connectivity index (χ2n) is 6.75. The first kappa shape index (κ1) is 18.1. The van der Waals surface area contributed by atoms with Crippen LogP contribution in [0.5, 0.6) is 5.75 Å². The van der Waals surface area contributed by atoms with E-state index in [1.807, 2.05) is 12.2 Å². The predicted octanol–water partition coefficient (Wildman–Crippen LogP) is 1.01. The molecule has 4 atom stereocenters. The monoisotopic (exact) mass is 387 g/mol. The summed E-state index contributed by atoms with van der Waals surface area (Å²) in [5, 5.41) is 13.1. The van der Waals surface area contributed by atoms with Gasteiger partial charge >= 0.3 is 6.09 Å². The topological polar surface area (TPSA) is 128 Å². The van der Waals surface area contributed by atoms with Crippen LogP contribution in [-0.2, 0) is 14.3 Å². The number of nitro groups is 1. The first-order valence-electron chi connectivity index (χ1n) is 8.85. The number of carbonyl (C=O) groups excluding carboxylic acids is 3. The van der Waals surface area contributed by atoms with Gasteiger partial charge in [-0.25, -0.2) is 4.79 Å². The average Bonchev–Trinajstić information content (AvgIpc) is 3.34. The van der Waals surface area contributed by atoms with Crippen LogP contribution in [0.2, 0.25) is 0 Å². The molecule has 2 fully saturated rings. The molecule has 4 rings (SSSR count). The van der Waals surface area contributed by atoms with E-state index in [4.69, 9.17) is 9.47 Å². The summed E-state index contributed by atoms with van der Waals surface area (Å²) in [6.45, 7) is 0.418. The van der Waals surface area contributed by atoms with E-state index >= 15 is 0 Å². The van der Waals surface area contributed by atoms with Crippen LogP contribution >= 0.6 is 0 Å². The van der Waals surface area contributed by atoms with Crippen LogP contribution in [0.4, 0.5) is 10.5 Å². The maximum Gasteiger partial charge on any atom is 0.412 e. The van der Waals surface area contributed by atoms with Gasteiger partial charge in [-0.2, -0.15) is 0 Å². The molecule has 2 bridgehead atoms. The summed E-state index contributed by atoms with van der Waals surface area (Å²) in [5.74, 6) is -1.13. The van der Waals surface area contributed by atoms with Crippen molar-refractivity contribution < 1.29 is 28.8 Å². The summed E-state index contributed by atoms with van der Waals surface area (Å²) >= 11 is 0. The maximum absolute atomic E-state index is 12.5. The van der Waals surface area contributed by atoms with Gasteiger partial charge in [-0.05, 0) is 18.6 Å². The van der Waals surface area contributed by atoms with E-state index in [0.717, 1.165) is 0 Å². The zero-order valence-electron chi connectivity index (χ0n) is 14.6. The van der Waals surface area contributed by atoms with Crippen LogP contribution < -0.4 is 10.1 Å². The molecule has 0 radical (unpaired) electrons. The molecule has 0 aromatic heterocycles. The van der Waals surface area contributed by atoms with Crippen LogP contribution in [-0.4, -0.2) is 53.0 Å². The lowest BCUT2D eigenvalue weighted by molar-refractivity contribution is -0.384. The summed E-state index contributed by atoms with van der Waals surface area (Å²) in [6.07, 6.45) is 2.69. The van der Waals surface area contributed by atoms with Crippen LogP contribution in [0.3, 0.4) is 0 Å². The third-order valence-electron chi connectivity index (χ3n) is 5.09. The molecule has 3 aliphatic rings. The number of amides is 3. The van der Waals surface area contributed by atoms with E-state index < -0.39 is 22.9 Å². The molecule has 1 N–H and O–H groups in total. The van der Waals surface area contributed by atoms with Crippen LogP contribution in [0, 0.1) is 22.0 Å². The zero-order valence-corrected chi connectivity index (χ0v) is 14.6. The van der Waals surface area contributed by atoms with Gasteiger partial charge < -0.3 is 14.8 Å². The van der Waals surface area contributed by atoms with Gasteiger partial charge in [0.2, 0.25) is 11.8 Å². The van der Waals surface area contributed by atoms with Crippen molar-refractivity contribution in [1.29, 1.82) is 0 Å². The highest BCUT2D eigenvalue weighted by Crippen LogP contribution is 2.44.